The van der Waals surface area contributed by atoms with E-state index >= 15 is 0 Å². The summed E-state index contributed by atoms with van der Waals surface area (Å²) in [5.74, 6) is 1.21. The molecule has 0 radical (unpaired) electrons. The van der Waals surface area contributed by atoms with Crippen LogP contribution >= 0.6 is 11.8 Å². The Balaban J connectivity index is 2.28. The minimum absolute atomic E-state index is 0.129. The van der Waals surface area contributed by atoms with E-state index in [1.807, 2.05) is 4.90 Å². The molecular formula is C18H25NO2S. The van der Waals surface area contributed by atoms with Gasteiger partial charge in [-0.1, -0.05) is 43.3 Å². The molecule has 1 saturated heterocycles. The van der Waals surface area contributed by atoms with E-state index in [9.17, 15) is 9.59 Å². The lowest BCUT2D eigenvalue weighted by atomic mass is 9.99. The second kappa shape index (κ2) is 7.32. The van der Waals surface area contributed by atoms with Gasteiger partial charge in [-0.05, 0) is 36.8 Å². The first-order valence-corrected chi connectivity index (χ1v) is 9.00. The van der Waals surface area contributed by atoms with Gasteiger partial charge in [0.2, 0.25) is 5.91 Å². The van der Waals surface area contributed by atoms with Gasteiger partial charge in [-0.25, -0.2) is 0 Å². The largest absolute Gasteiger partial charge is 0.312 e. The summed E-state index contributed by atoms with van der Waals surface area (Å²) in [7, 11) is 0. The summed E-state index contributed by atoms with van der Waals surface area (Å²) in [6, 6.07) is 4.39. The molecule has 2 rings (SSSR count). The van der Waals surface area contributed by atoms with Crippen LogP contribution in [0.3, 0.4) is 0 Å². The maximum Gasteiger partial charge on any atom is 0.227 e. The molecule has 1 aromatic rings. The van der Waals surface area contributed by atoms with Crippen LogP contribution < -0.4 is 4.90 Å². The Bertz CT molecular complexity index is 557. The molecule has 0 bridgehead atoms. The Morgan fingerprint density at radius 2 is 1.86 bits per heavy atom. The van der Waals surface area contributed by atoms with E-state index in [2.05, 4.69) is 32.9 Å². The lowest BCUT2D eigenvalue weighted by Gasteiger charge is -2.24. The molecule has 1 atom stereocenters. The van der Waals surface area contributed by atoms with Crippen molar-refractivity contribution in [3.05, 3.63) is 28.8 Å². The molecule has 3 nitrogen and oxygen atoms in total. The van der Waals surface area contributed by atoms with Gasteiger partial charge in [0.25, 0.3) is 0 Å². The first-order valence-electron chi connectivity index (χ1n) is 8.02. The summed E-state index contributed by atoms with van der Waals surface area (Å²) >= 11 is 1.33. The highest BCUT2D eigenvalue weighted by atomic mass is 32.2. The third-order valence-electron chi connectivity index (χ3n) is 4.17. The average molecular weight is 319 g/mol. The van der Waals surface area contributed by atoms with Crippen LogP contribution in [0.2, 0.25) is 0 Å². The molecule has 0 saturated carbocycles. The van der Waals surface area contributed by atoms with Crippen LogP contribution in [0, 0.1) is 12.8 Å². The first-order chi connectivity index (χ1) is 10.5. The fourth-order valence-corrected chi connectivity index (χ4v) is 3.86. The number of aryl methyl sites for hydroxylation is 3. The van der Waals surface area contributed by atoms with Crippen LogP contribution in [0.1, 0.15) is 43.9 Å². The maximum absolute atomic E-state index is 12.5. The highest BCUT2D eigenvalue weighted by Gasteiger charge is 2.32. The van der Waals surface area contributed by atoms with Crippen molar-refractivity contribution in [2.45, 2.75) is 47.0 Å². The number of benzene rings is 1. The van der Waals surface area contributed by atoms with Gasteiger partial charge in [0, 0.05) is 31.3 Å². The number of rotatable bonds is 5. The first kappa shape index (κ1) is 17.1. The van der Waals surface area contributed by atoms with E-state index in [0.717, 1.165) is 30.8 Å². The second-order valence-electron chi connectivity index (χ2n) is 6.02. The standard InChI is InChI=1S/C18H25NO2S/c1-5-15-7-12(3)8-16(6-2)18(15)19-10-14(9-17(19)21)11-22-13(4)20/h7-8,14H,5-6,9-11H2,1-4H3. The number of anilines is 1. The quantitative estimate of drug-likeness (QED) is 0.829. The van der Waals surface area contributed by atoms with Gasteiger partial charge in [-0.2, -0.15) is 0 Å². The molecule has 1 fully saturated rings. The molecule has 1 amide bonds. The normalized spacial score (nSPS) is 18.1. The highest BCUT2D eigenvalue weighted by Crippen LogP contribution is 2.34. The van der Waals surface area contributed by atoms with E-state index in [1.54, 1.807) is 6.92 Å². The molecule has 0 aliphatic carbocycles. The van der Waals surface area contributed by atoms with Crippen molar-refractivity contribution in [3.63, 3.8) is 0 Å². The van der Waals surface area contributed by atoms with Gasteiger partial charge in [0.15, 0.2) is 5.12 Å². The molecule has 0 spiro atoms. The molecule has 1 heterocycles. The summed E-state index contributed by atoms with van der Waals surface area (Å²) in [4.78, 5) is 25.6. The van der Waals surface area contributed by atoms with Crippen molar-refractivity contribution in [3.8, 4) is 0 Å². The summed E-state index contributed by atoms with van der Waals surface area (Å²) in [5, 5.41) is 0.129. The van der Waals surface area contributed by atoms with Crippen molar-refractivity contribution in [2.75, 3.05) is 17.2 Å². The fraction of sp³-hybridized carbons (Fsp3) is 0.556. The molecule has 1 aliphatic heterocycles. The third kappa shape index (κ3) is 3.72. The van der Waals surface area contributed by atoms with Crippen LogP contribution in [-0.4, -0.2) is 23.3 Å². The van der Waals surface area contributed by atoms with Crippen molar-refractivity contribution in [1.29, 1.82) is 0 Å². The minimum Gasteiger partial charge on any atom is -0.312 e. The van der Waals surface area contributed by atoms with Crippen molar-refractivity contribution < 1.29 is 9.59 Å². The van der Waals surface area contributed by atoms with E-state index < -0.39 is 0 Å². The molecular weight excluding hydrogens is 294 g/mol. The monoisotopic (exact) mass is 319 g/mol. The van der Waals surface area contributed by atoms with Crippen LogP contribution in [0.15, 0.2) is 12.1 Å². The van der Waals surface area contributed by atoms with E-state index in [4.69, 9.17) is 0 Å². The summed E-state index contributed by atoms with van der Waals surface area (Å²) < 4.78 is 0. The number of carbonyl (C=O) groups is 2. The summed E-state index contributed by atoms with van der Waals surface area (Å²) in [5.41, 5.74) is 4.89. The second-order valence-corrected chi connectivity index (χ2v) is 7.21. The molecule has 120 valence electrons. The molecule has 1 aromatic carbocycles. The zero-order valence-electron chi connectivity index (χ0n) is 13.9. The number of hydrogen-bond donors (Lipinski definition) is 0. The molecule has 1 unspecified atom stereocenters. The summed E-state index contributed by atoms with van der Waals surface area (Å²) in [6.45, 7) is 8.72. The lowest BCUT2D eigenvalue weighted by molar-refractivity contribution is -0.117. The van der Waals surface area contributed by atoms with Gasteiger partial charge in [0.05, 0.1) is 0 Å². The Morgan fingerprint density at radius 1 is 1.27 bits per heavy atom. The van der Waals surface area contributed by atoms with Crippen molar-refractivity contribution in [1.82, 2.24) is 0 Å². The number of carbonyl (C=O) groups excluding carboxylic acids is 2. The van der Waals surface area contributed by atoms with Crippen LogP contribution in [-0.2, 0) is 22.4 Å². The van der Waals surface area contributed by atoms with Gasteiger partial charge < -0.3 is 4.90 Å². The Labute approximate surface area is 137 Å². The highest BCUT2D eigenvalue weighted by molar-refractivity contribution is 8.13. The maximum atomic E-state index is 12.5. The van der Waals surface area contributed by atoms with Crippen LogP contribution in [0.25, 0.3) is 0 Å². The molecule has 0 N–H and O–H groups in total. The molecule has 4 heteroatoms. The SMILES string of the molecule is CCc1cc(C)cc(CC)c1N1CC(CSC(C)=O)CC1=O. The Morgan fingerprint density at radius 3 is 2.36 bits per heavy atom. The topological polar surface area (TPSA) is 37.4 Å². The lowest BCUT2D eigenvalue weighted by Crippen LogP contribution is -2.27. The molecule has 1 aliphatic rings. The zero-order chi connectivity index (χ0) is 16.3. The van der Waals surface area contributed by atoms with Gasteiger partial charge in [0.1, 0.15) is 0 Å². The van der Waals surface area contributed by atoms with Gasteiger partial charge in [-0.3, -0.25) is 9.59 Å². The zero-order valence-corrected chi connectivity index (χ0v) is 14.8. The van der Waals surface area contributed by atoms with E-state index in [-0.39, 0.29) is 16.9 Å². The number of amides is 1. The number of thioether (sulfide) groups is 1. The van der Waals surface area contributed by atoms with Gasteiger partial charge in [-0.15, -0.1) is 0 Å². The van der Waals surface area contributed by atoms with Crippen LogP contribution in [0.4, 0.5) is 5.69 Å². The van der Waals surface area contributed by atoms with Crippen LogP contribution in [0.5, 0.6) is 0 Å². The third-order valence-corrected chi connectivity index (χ3v) is 5.22. The predicted molar refractivity (Wildman–Crippen MR) is 93.5 cm³/mol. The van der Waals surface area contributed by atoms with E-state index in [1.165, 1.54) is 28.5 Å². The number of hydrogen-bond acceptors (Lipinski definition) is 3. The smallest absolute Gasteiger partial charge is 0.227 e. The van der Waals surface area contributed by atoms with Crippen molar-refractivity contribution >= 4 is 28.5 Å². The average Bonchev–Trinajstić information content (AvgIpc) is 2.84. The van der Waals surface area contributed by atoms with Crippen molar-refractivity contribution in [2.24, 2.45) is 5.92 Å². The van der Waals surface area contributed by atoms with Gasteiger partial charge >= 0.3 is 0 Å². The fourth-order valence-electron chi connectivity index (χ4n) is 3.16. The molecule has 0 aromatic heterocycles. The Hall–Kier alpha value is -1.29. The number of nitrogens with zero attached hydrogens (tertiary/aromatic N) is 1. The Kier molecular flexibility index (Phi) is 5.68. The summed E-state index contributed by atoms with van der Waals surface area (Å²) in [6.07, 6.45) is 2.42. The predicted octanol–water partition coefficient (Wildman–Crippen LogP) is 3.75. The molecule has 22 heavy (non-hydrogen) atoms. The van der Waals surface area contributed by atoms with E-state index in [0.29, 0.717) is 6.42 Å². The minimum atomic E-state index is 0.129.